The molecule has 0 amide bonds. The van der Waals surface area contributed by atoms with E-state index < -0.39 is 10.0 Å². The summed E-state index contributed by atoms with van der Waals surface area (Å²) < 4.78 is 28.0. The molecule has 1 aromatic carbocycles. The molecule has 0 spiro atoms. The van der Waals surface area contributed by atoms with Crippen molar-refractivity contribution >= 4 is 31.6 Å². The molecule has 0 radical (unpaired) electrons. The van der Waals surface area contributed by atoms with Crippen LogP contribution in [0.3, 0.4) is 0 Å². The summed E-state index contributed by atoms with van der Waals surface area (Å²) in [6, 6.07) is 3.25. The first-order valence-electron chi connectivity index (χ1n) is 6.45. The summed E-state index contributed by atoms with van der Waals surface area (Å²) in [4.78, 5) is 0.270. The second kappa shape index (κ2) is 5.81. The zero-order chi connectivity index (χ0) is 14.0. The van der Waals surface area contributed by atoms with E-state index in [1.807, 2.05) is 0 Å². The Labute approximate surface area is 122 Å². The Hall–Kier alpha value is -0.590. The van der Waals surface area contributed by atoms with E-state index in [0.717, 1.165) is 17.3 Å². The molecule has 6 heteroatoms. The van der Waals surface area contributed by atoms with Gasteiger partial charge in [0.05, 0.1) is 4.90 Å². The van der Waals surface area contributed by atoms with Gasteiger partial charge in [0.2, 0.25) is 10.0 Å². The van der Waals surface area contributed by atoms with Crippen LogP contribution >= 0.6 is 15.9 Å². The Morgan fingerprint density at radius 1 is 1.37 bits per heavy atom. The van der Waals surface area contributed by atoms with E-state index in [2.05, 4.69) is 20.7 Å². The van der Waals surface area contributed by atoms with Crippen LogP contribution in [0.4, 0.5) is 5.69 Å². The Morgan fingerprint density at radius 3 is 2.63 bits per heavy atom. The molecule has 0 aromatic heterocycles. The number of hydrogen-bond donors (Lipinski definition) is 2. The average molecular weight is 347 g/mol. The highest BCUT2D eigenvalue weighted by atomic mass is 79.9. The minimum Gasteiger partial charge on any atom is -0.398 e. The molecule has 3 N–H and O–H groups in total. The molecule has 0 saturated heterocycles. The second-order valence-corrected chi connectivity index (χ2v) is 7.73. The van der Waals surface area contributed by atoms with E-state index in [4.69, 9.17) is 5.73 Å². The number of nitrogens with one attached hydrogen (secondary N) is 1. The summed E-state index contributed by atoms with van der Waals surface area (Å²) in [5.74, 6) is 0.475. The van der Waals surface area contributed by atoms with E-state index in [-0.39, 0.29) is 4.90 Å². The number of benzene rings is 1. The zero-order valence-electron chi connectivity index (χ0n) is 10.9. The number of rotatable bonds is 4. The number of anilines is 1. The Kier molecular flexibility index (Phi) is 4.53. The molecule has 19 heavy (non-hydrogen) atoms. The Morgan fingerprint density at radius 2 is 2.00 bits per heavy atom. The van der Waals surface area contributed by atoms with Crippen LogP contribution in [0.15, 0.2) is 21.5 Å². The van der Waals surface area contributed by atoms with Crippen LogP contribution in [0.5, 0.6) is 0 Å². The van der Waals surface area contributed by atoms with Crippen LogP contribution in [0.2, 0.25) is 0 Å². The number of sulfonamides is 1. The van der Waals surface area contributed by atoms with Gasteiger partial charge in [-0.15, -0.1) is 0 Å². The molecule has 0 unspecified atom stereocenters. The van der Waals surface area contributed by atoms with Gasteiger partial charge < -0.3 is 5.73 Å². The van der Waals surface area contributed by atoms with Gasteiger partial charge in [0.1, 0.15) is 0 Å². The maximum Gasteiger partial charge on any atom is 0.240 e. The van der Waals surface area contributed by atoms with Crippen molar-refractivity contribution in [3.05, 3.63) is 22.2 Å². The van der Waals surface area contributed by atoms with Crippen LogP contribution in [0.25, 0.3) is 0 Å². The van der Waals surface area contributed by atoms with Crippen molar-refractivity contribution in [1.82, 2.24) is 4.72 Å². The summed E-state index contributed by atoms with van der Waals surface area (Å²) >= 11 is 3.30. The lowest BCUT2D eigenvalue weighted by molar-refractivity contribution is 0.519. The normalized spacial score (nSPS) is 16.9. The van der Waals surface area contributed by atoms with Crippen molar-refractivity contribution in [1.29, 1.82) is 0 Å². The summed E-state index contributed by atoms with van der Waals surface area (Å²) in [5.41, 5.74) is 6.90. The molecular weight excluding hydrogens is 328 g/mol. The summed E-state index contributed by atoms with van der Waals surface area (Å²) in [7, 11) is -3.47. The zero-order valence-corrected chi connectivity index (χ0v) is 13.4. The highest BCUT2D eigenvalue weighted by molar-refractivity contribution is 9.10. The maximum absolute atomic E-state index is 12.3. The predicted octanol–water partition coefficient (Wildman–Crippen LogP) is 2.81. The van der Waals surface area contributed by atoms with E-state index in [1.165, 1.54) is 18.9 Å². The van der Waals surface area contributed by atoms with Crippen LogP contribution in [-0.4, -0.2) is 15.0 Å². The van der Waals surface area contributed by atoms with Crippen molar-refractivity contribution in [2.45, 2.75) is 37.5 Å². The second-order valence-electron chi connectivity index (χ2n) is 5.14. The van der Waals surface area contributed by atoms with Crippen molar-refractivity contribution in [2.24, 2.45) is 5.92 Å². The van der Waals surface area contributed by atoms with Gasteiger partial charge in [-0.1, -0.05) is 12.8 Å². The summed E-state index contributed by atoms with van der Waals surface area (Å²) in [6.45, 7) is 2.30. The molecule has 0 aliphatic heterocycles. The third-order valence-electron chi connectivity index (χ3n) is 3.62. The molecular formula is C13H19BrN2O2S. The molecule has 106 valence electrons. The van der Waals surface area contributed by atoms with Gasteiger partial charge in [0.15, 0.2) is 0 Å². The lowest BCUT2D eigenvalue weighted by atomic mass is 10.1. The van der Waals surface area contributed by atoms with Gasteiger partial charge >= 0.3 is 0 Å². The fourth-order valence-electron chi connectivity index (χ4n) is 2.48. The van der Waals surface area contributed by atoms with E-state index in [1.54, 1.807) is 13.0 Å². The number of nitrogen functional groups attached to an aromatic ring is 1. The fraction of sp³-hybridized carbons (Fsp3) is 0.538. The number of nitrogens with two attached hydrogens (primary N) is 1. The van der Waals surface area contributed by atoms with Crippen molar-refractivity contribution in [2.75, 3.05) is 12.3 Å². The molecule has 4 nitrogen and oxygen atoms in total. The Balaban J connectivity index is 2.16. The molecule has 1 aliphatic carbocycles. The minimum atomic E-state index is -3.47. The first-order chi connectivity index (χ1) is 8.90. The average Bonchev–Trinajstić information content (AvgIpc) is 2.84. The van der Waals surface area contributed by atoms with Crippen LogP contribution in [-0.2, 0) is 10.0 Å². The van der Waals surface area contributed by atoms with Crippen LogP contribution in [0.1, 0.15) is 31.2 Å². The van der Waals surface area contributed by atoms with Gasteiger partial charge in [0, 0.05) is 16.7 Å². The monoisotopic (exact) mass is 346 g/mol. The van der Waals surface area contributed by atoms with E-state index >= 15 is 0 Å². The molecule has 1 aromatic rings. The van der Waals surface area contributed by atoms with E-state index in [9.17, 15) is 8.42 Å². The van der Waals surface area contributed by atoms with Gasteiger partial charge in [-0.25, -0.2) is 13.1 Å². The molecule has 1 saturated carbocycles. The van der Waals surface area contributed by atoms with Crippen molar-refractivity contribution in [3.8, 4) is 0 Å². The van der Waals surface area contributed by atoms with Crippen LogP contribution in [0, 0.1) is 12.8 Å². The largest absolute Gasteiger partial charge is 0.398 e. The first kappa shape index (κ1) is 14.8. The highest BCUT2D eigenvalue weighted by Crippen LogP contribution is 2.27. The first-order valence-corrected chi connectivity index (χ1v) is 8.73. The van der Waals surface area contributed by atoms with Crippen molar-refractivity contribution < 1.29 is 8.42 Å². The lowest BCUT2D eigenvalue weighted by Gasteiger charge is -2.13. The third kappa shape index (κ3) is 3.49. The fourth-order valence-corrected chi connectivity index (χ4v) is 4.31. The quantitative estimate of drug-likeness (QED) is 0.823. The van der Waals surface area contributed by atoms with Crippen molar-refractivity contribution in [3.63, 3.8) is 0 Å². The summed E-state index contributed by atoms with van der Waals surface area (Å²) in [6.07, 6.45) is 4.64. The van der Waals surface area contributed by atoms with Crippen LogP contribution < -0.4 is 10.5 Å². The Bertz CT molecular complexity index is 566. The van der Waals surface area contributed by atoms with Gasteiger partial charge in [-0.05, 0) is 59.3 Å². The van der Waals surface area contributed by atoms with E-state index in [0.29, 0.717) is 23.7 Å². The number of halogens is 1. The number of aryl methyl sites for hydroxylation is 1. The topological polar surface area (TPSA) is 72.2 Å². The third-order valence-corrected chi connectivity index (χ3v) is 5.87. The standard InChI is InChI=1S/C13H19BrN2O2S/c1-9-6-11(14)12(15)7-13(9)19(17,18)16-8-10-4-2-3-5-10/h6-7,10,16H,2-5,8,15H2,1H3. The molecule has 2 rings (SSSR count). The number of hydrogen-bond acceptors (Lipinski definition) is 3. The molecule has 0 atom stereocenters. The highest BCUT2D eigenvalue weighted by Gasteiger charge is 2.21. The molecule has 0 heterocycles. The summed E-state index contributed by atoms with van der Waals surface area (Å²) in [5, 5.41) is 0. The molecule has 1 fully saturated rings. The minimum absolute atomic E-state index is 0.270. The van der Waals surface area contributed by atoms with Gasteiger partial charge in [0.25, 0.3) is 0 Å². The van der Waals surface area contributed by atoms with Gasteiger partial charge in [-0.2, -0.15) is 0 Å². The molecule has 0 bridgehead atoms. The maximum atomic E-state index is 12.3. The smallest absolute Gasteiger partial charge is 0.240 e. The van der Waals surface area contributed by atoms with Gasteiger partial charge in [-0.3, -0.25) is 0 Å². The predicted molar refractivity (Wildman–Crippen MR) is 80.4 cm³/mol. The molecule has 1 aliphatic rings. The lowest BCUT2D eigenvalue weighted by Crippen LogP contribution is -2.29. The SMILES string of the molecule is Cc1cc(Br)c(N)cc1S(=O)(=O)NCC1CCCC1.